The van der Waals surface area contributed by atoms with Gasteiger partial charge in [0, 0.05) is 13.1 Å². The van der Waals surface area contributed by atoms with Crippen LogP contribution in [0, 0.1) is 0 Å². The van der Waals surface area contributed by atoms with Crippen molar-refractivity contribution in [3.05, 3.63) is 18.1 Å². The molecule has 1 aromatic heterocycles. The van der Waals surface area contributed by atoms with Gasteiger partial charge >= 0.3 is 0 Å². The highest BCUT2D eigenvalue weighted by atomic mass is 16.3. The first-order valence-electron chi connectivity index (χ1n) is 5.46. The average Bonchev–Trinajstić information content (AvgIpc) is 2.39. The third-order valence-corrected chi connectivity index (χ3v) is 2.77. The number of aromatic nitrogens is 2. The fourth-order valence-corrected chi connectivity index (χ4v) is 1.74. The largest absolute Gasteiger partial charge is 0.393 e. The Labute approximate surface area is 98.6 Å². The standard InChI is InChI=1S/C10H15N5O2/c11-14-9-6-12-8(5-13-9)10(17)15-3-1-7(16)2-4-15/h5-7,16H,1-4,11H2,(H,13,14). The van der Waals surface area contributed by atoms with Gasteiger partial charge in [-0.1, -0.05) is 0 Å². The van der Waals surface area contributed by atoms with Crippen LogP contribution in [0.4, 0.5) is 5.82 Å². The summed E-state index contributed by atoms with van der Waals surface area (Å²) in [4.78, 5) is 21.6. The van der Waals surface area contributed by atoms with Gasteiger partial charge in [0.2, 0.25) is 0 Å². The lowest BCUT2D eigenvalue weighted by Crippen LogP contribution is -2.40. The van der Waals surface area contributed by atoms with Crippen LogP contribution in [0.1, 0.15) is 23.3 Å². The fraction of sp³-hybridized carbons (Fsp3) is 0.500. The van der Waals surface area contributed by atoms with Crippen molar-refractivity contribution in [1.29, 1.82) is 0 Å². The molecule has 0 aliphatic carbocycles. The zero-order valence-electron chi connectivity index (χ0n) is 9.33. The van der Waals surface area contributed by atoms with Crippen molar-refractivity contribution in [1.82, 2.24) is 14.9 Å². The van der Waals surface area contributed by atoms with Gasteiger partial charge in [0.25, 0.3) is 5.91 Å². The van der Waals surface area contributed by atoms with Gasteiger partial charge in [-0.25, -0.2) is 15.8 Å². The van der Waals surface area contributed by atoms with Crippen molar-refractivity contribution in [3.8, 4) is 0 Å². The molecule has 0 aromatic carbocycles. The van der Waals surface area contributed by atoms with Gasteiger partial charge in [-0.15, -0.1) is 0 Å². The summed E-state index contributed by atoms with van der Waals surface area (Å²) in [5, 5.41) is 9.36. The number of anilines is 1. The number of aliphatic hydroxyl groups is 1. The van der Waals surface area contributed by atoms with E-state index in [0.29, 0.717) is 37.4 Å². The number of hydrogen-bond donors (Lipinski definition) is 3. The van der Waals surface area contributed by atoms with E-state index in [4.69, 9.17) is 5.84 Å². The van der Waals surface area contributed by atoms with Gasteiger partial charge in [0.05, 0.1) is 18.5 Å². The third-order valence-electron chi connectivity index (χ3n) is 2.77. The molecular weight excluding hydrogens is 222 g/mol. The predicted octanol–water partition coefficient (Wildman–Crippen LogP) is -0.641. The molecule has 92 valence electrons. The average molecular weight is 237 g/mol. The third kappa shape index (κ3) is 2.69. The molecule has 7 heteroatoms. The fourth-order valence-electron chi connectivity index (χ4n) is 1.74. The van der Waals surface area contributed by atoms with Crippen LogP contribution in [0.5, 0.6) is 0 Å². The Morgan fingerprint density at radius 3 is 2.65 bits per heavy atom. The normalized spacial score (nSPS) is 16.9. The second kappa shape index (κ2) is 5.07. The molecule has 7 nitrogen and oxygen atoms in total. The van der Waals surface area contributed by atoms with Crippen molar-refractivity contribution in [2.75, 3.05) is 18.5 Å². The molecule has 1 amide bonds. The van der Waals surface area contributed by atoms with Gasteiger partial charge < -0.3 is 15.4 Å². The van der Waals surface area contributed by atoms with E-state index < -0.39 is 0 Å². The molecular formula is C10H15N5O2. The van der Waals surface area contributed by atoms with Gasteiger partial charge in [-0.2, -0.15) is 0 Å². The molecule has 4 N–H and O–H groups in total. The van der Waals surface area contributed by atoms with Crippen molar-refractivity contribution in [2.24, 2.45) is 5.84 Å². The first-order chi connectivity index (χ1) is 8.20. The van der Waals surface area contributed by atoms with Crippen LogP contribution in [0.3, 0.4) is 0 Å². The number of nitrogen functional groups attached to an aromatic ring is 1. The van der Waals surface area contributed by atoms with Crippen LogP contribution >= 0.6 is 0 Å². The Morgan fingerprint density at radius 2 is 2.12 bits per heavy atom. The number of nitrogens with two attached hydrogens (primary N) is 1. The van der Waals surface area contributed by atoms with E-state index in [2.05, 4.69) is 15.4 Å². The highest BCUT2D eigenvalue weighted by Crippen LogP contribution is 2.12. The predicted molar refractivity (Wildman–Crippen MR) is 61.0 cm³/mol. The summed E-state index contributed by atoms with van der Waals surface area (Å²) in [5.74, 6) is 5.41. The van der Waals surface area contributed by atoms with Crippen LogP contribution < -0.4 is 11.3 Å². The lowest BCUT2D eigenvalue weighted by Gasteiger charge is -2.29. The van der Waals surface area contributed by atoms with Crippen molar-refractivity contribution < 1.29 is 9.90 Å². The van der Waals surface area contributed by atoms with Crippen molar-refractivity contribution >= 4 is 11.7 Å². The van der Waals surface area contributed by atoms with Crippen LogP contribution in [0.2, 0.25) is 0 Å². The number of hydrazine groups is 1. The highest BCUT2D eigenvalue weighted by molar-refractivity contribution is 5.92. The monoisotopic (exact) mass is 237 g/mol. The number of aliphatic hydroxyl groups excluding tert-OH is 1. The number of piperidine rings is 1. The van der Waals surface area contributed by atoms with Gasteiger partial charge in [0.15, 0.2) is 5.82 Å². The summed E-state index contributed by atoms with van der Waals surface area (Å²) in [6.07, 6.45) is 3.73. The molecule has 0 atom stereocenters. The van der Waals surface area contributed by atoms with Crippen LogP contribution in [-0.4, -0.2) is 45.1 Å². The number of amides is 1. The summed E-state index contributed by atoms with van der Waals surface area (Å²) in [7, 11) is 0. The Bertz CT molecular complexity index is 386. The van der Waals surface area contributed by atoms with Crippen molar-refractivity contribution in [2.45, 2.75) is 18.9 Å². The summed E-state index contributed by atoms with van der Waals surface area (Å²) < 4.78 is 0. The second-order valence-corrected chi connectivity index (χ2v) is 3.95. The van der Waals surface area contributed by atoms with Gasteiger partial charge in [-0.3, -0.25) is 4.79 Å². The molecule has 1 aliphatic heterocycles. The first kappa shape index (κ1) is 11.7. The number of nitrogens with one attached hydrogen (secondary N) is 1. The van der Waals surface area contributed by atoms with Crippen LogP contribution in [0.15, 0.2) is 12.4 Å². The van der Waals surface area contributed by atoms with Gasteiger partial charge in [-0.05, 0) is 12.8 Å². The van der Waals surface area contributed by atoms with E-state index in [1.807, 2.05) is 0 Å². The van der Waals surface area contributed by atoms with Gasteiger partial charge in [0.1, 0.15) is 5.69 Å². The lowest BCUT2D eigenvalue weighted by atomic mass is 10.1. The SMILES string of the molecule is NNc1cnc(C(=O)N2CCC(O)CC2)cn1. The van der Waals surface area contributed by atoms with E-state index >= 15 is 0 Å². The number of carbonyl (C=O) groups is 1. The van der Waals surface area contributed by atoms with E-state index in [1.54, 1.807) is 4.90 Å². The molecule has 0 spiro atoms. The minimum Gasteiger partial charge on any atom is -0.393 e. The van der Waals surface area contributed by atoms with E-state index in [0.717, 1.165) is 0 Å². The topological polar surface area (TPSA) is 104 Å². The molecule has 0 unspecified atom stereocenters. The first-order valence-corrected chi connectivity index (χ1v) is 5.46. The molecule has 0 saturated carbocycles. The maximum Gasteiger partial charge on any atom is 0.274 e. The Kier molecular flexibility index (Phi) is 3.50. The molecule has 2 rings (SSSR count). The smallest absolute Gasteiger partial charge is 0.274 e. The number of carbonyl (C=O) groups excluding carboxylic acids is 1. The summed E-state index contributed by atoms with van der Waals surface area (Å²) >= 11 is 0. The lowest BCUT2D eigenvalue weighted by molar-refractivity contribution is 0.0541. The van der Waals surface area contributed by atoms with Crippen LogP contribution in [-0.2, 0) is 0 Å². The molecule has 1 fully saturated rings. The Balaban J connectivity index is 2.03. The summed E-state index contributed by atoms with van der Waals surface area (Å²) in [5.41, 5.74) is 2.64. The summed E-state index contributed by atoms with van der Waals surface area (Å²) in [6.45, 7) is 1.11. The minimum absolute atomic E-state index is 0.159. The van der Waals surface area contributed by atoms with E-state index in [9.17, 15) is 9.90 Å². The molecule has 2 heterocycles. The molecule has 0 bridgehead atoms. The molecule has 0 radical (unpaired) electrons. The zero-order valence-corrected chi connectivity index (χ0v) is 9.33. The quantitative estimate of drug-likeness (QED) is 0.467. The molecule has 1 aliphatic rings. The number of likely N-dealkylation sites (tertiary alicyclic amines) is 1. The molecule has 1 aromatic rings. The Morgan fingerprint density at radius 1 is 1.41 bits per heavy atom. The number of rotatable bonds is 2. The van der Waals surface area contributed by atoms with Crippen molar-refractivity contribution in [3.63, 3.8) is 0 Å². The maximum atomic E-state index is 12.0. The van der Waals surface area contributed by atoms with E-state index in [-0.39, 0.29) is 12.0 Å². The maximum absolute atomic E-state index is 12.0. The summed E-state index contributed by atoms with van der Waals surface area (Å²) in [6, 6.07) is 0. The molecule has 1 saturated heterocycles. The zero-order chi connectivity index (χ0) is 12.3. The Hall–Kier alpha value is -1.73. The minimum atomic E-state index is -0.297. The highest BCUT2D eigenvalue weighted by Gasteiger charge is 2.23. The number of hydrogen-bond acceptors (Lipinski definition) is 6. The molecule has 17 heavy (non-hydrogen) atoms. The number of nitrogens with zero attached hydrogens (tertiary/aromatic N) is 3. The second-order valence-electron chi connectivity index (χ2n) is 3.95. The van der Waals surface area contributed by atoms with Crippen LogP contribution in [0.25, 0.3) is 0 Å². The van der Waals surface area contributed by atoms with E-state index in [1.165, 1.54) is 12.4 Å².